The number of methoxy groups -OCH3 is 1. The summed E-state index contributed by atoms with van der Waals surface area (Å²) in [5.74, 6) is 0.610. The predicted octanol–water partition coefficient (Wildman–Crippen LogP) is 2.19. The van der Waals surface area contributed by atoms with E-state index in [4.69, 9.17) is 9.15 Å². The second-order valence-corrected chi connectivity index (χ2v) is 6.27. The Hall–Kier alpha value is -1.14. The molecule has 1 aliphatic rings. The Balaban J connectivity index is 1.77. The summed E-state index contributed by atoms with van der Waals surface area (Å²) in [4.78, 5) is 0. The van der Waals surface area contributed by atoms with E-state index in [0.29, 0.717) is 36.5 Å². The van der Waals surface area contributed by atoms with Gasteiger partial charge in [-0.3, -0.25) is 0 Å². The van der Waals surface area contributed by atoms with E-state index in [0.717, 1.165) is 13.0 Å². The van der Waals surface area contributed by atoms with Gasteiger partial charge in [-0.15, -0.1) is 5.10 Å². The van der Waals surface area contributed by atoms with Crippen molar-refractivity contribution in [2.75, 3.05) is 25.6 Å². The quantitative estimate of drug-likeness (QED) is 0.747. The van der Waals surface area contributed by atoms with Crippen LogP contribution >= 0.6 is 0 Å². The normalized spacial score (nSPS) is 21.9. The number of aromatic nitrogens is 2. The first-order valence-corrected chi connectivity index (χ1v) is 7.38. The van der Waals surface area contributed by atoms with Gasteiger partial charge in [-0.05, 0) is 24.7 Å². The summed E-state index contributed by atoms with van der Waals surface area (Å²) in [5.41, 5.74) is 0.403. The van der Waals surface area contributed by atoms with Gasteiger partial charge in [0.05, 0.1) is 13.2 Å². The van der Waals surface area contributed by atoms with Gasteiger partial charge in [0.1, 0.15) is 0 Å². The topological polar surface area (TPSA) is 72.2 Å². The molecular weight excluding hydrogens is 256 g/mol. The second kappa shape index (κ2) is 7.04. The van der Waals surface area contributed by atoms with Crippen LogP contribution in [0.15, 0.2) is 4.42 Å². The number of rotatable bonds is 7. The van der Waals surface area contributed by atoms with Crippen molar-refractivity contribution in [1.29, 1.82) is 0 Å². The molecule has 1 aromatic rings. The Morgan fingerprint density at radius 1 is 1.40 bits per heavy atom. The van der Waals surface area contributed by atoms with Crippen molar-refractivity contribution in [2.24, 2.45) is 5.41 Å². The third kappa shape index (κ3) is 4.76. The van der Waals surface area contributed by atoms with Crippen LogP contribution < -0.4 is 10.6 Å². The summed E-state index contributed by atoms with van der Waals surface area (Å²) in [5, 5.41) is 14.6. The Bertz CT molecular complexity index is 406. The van der Waals surface area contributed by atoms with E-state index >= 15 is 0 Å². The maximum atomic E-state index is 5.60. The standard InChI is InChI=1S/C14H26N4O2/c1-14(2)6-4-5-11(9-14)16-13-18-17-12(20-13)10-15-7-8-19-3/h11,15H,4-10H2,1-3H3,(H,16,18). The largest absolute Gasteiger partial charge is 0.407 e. The number of nitrogens with zero attached hydrogens (tertiary/aromatic N) is 2. The first-order chi connectivity index (χ1) is 9.59. The molecule has 2 rings (SSSR count). The Morgan fingerprint density at radius 2 is 2.25 bits per heavy atom. The smallest absolute Gasteiger partial charge is 0.315 e. The lowest BCUT2D eigenvalue weighted by atomic mass is 9.75. The van der Waals surface area contributed by atoms with Gasteiger partial charge in [0.25, 0.3) is 0 Å². The van der Waals surface area contributed by atoms with Crippen molar-refractivity contribution >= 4 is 6.01 Å². The molecule has 1 saturated carbocycles. The summed E-state index contributed by atoms with van der Waals surface area (Å²) in [7, 11) is 1.68. The SMILES string of the molecule is COCCNCc1nnc(NC2CCCC(C)(C)C2)o1. The van der Waals surface area contributed by atoms with Crippen LogP contribution in [0.4, 0.5) is 6.01 Å². The molecule has 0 amide bonds. The lowest BCUT2D eigenvalue weighted by molar-refractivity contribution is 0.198. The van der Waals surface area contributed by atoms with Gasteiger partial charge in [-0.1, -0.05) is 25.4 Å². The van der Waals surface area contributed by atoms with E-state index in [1.807, 2.05) is 0 Å². The zero-order valence-corrected chi connectivity index (χ0v) is 12.7. The zero-order valence-electron chi connectivity index (χ0n) is 12.7. The number of hydrogen-bond donors (Lipinski definition) is 2. The fourth-order valence-corrected chi connectivity index (χ4v) is 2.75. The minimum atomic E-state index is 0.403. The van der Waals surface area contributed by atoms with Crippen molar-refractivity contribution < 1.29 is 9.15 Å². The molecule has 0 saturated heterocycles. The predicted molar refractivity (Wildman–Crippen MR) is 77.5 cm³/mol. The van der Waals surface area contributed by atoms with E-state index in [1.165, 1.54) is 19.3 Å². The van der Waals surface area contributed by atoms with Crippen molar-refractivity contribution in [3.05, 3.63) is 5.89 Å². The van der Waals surface area contributed by atoms with Gasteiger partial charge in [0, 0.05) is 19.7 Å². The Morgan fingerprint density at radius 3 is 3.00 bits per heavy atom. The van der Waals surface area contributed by atoms with E-state index in [1.54, 1.807) is 7.11 Å². The summed E-state index contributed by atoms with van der Waals surface area (Å²) in [6, 6.07) is 0.977. The van der Waals surface area contributed by atoms with Gasteiger partial charge in [-0.25, -0.2) is 0 Å². The molecule has 0 aliphatic heterocycles. The average molecular weight is 282 g/mol. The van der Waals surface area contributed by atoms with E-state index in [-0.39, 0.29) is 0 Å². The number of anilines is 1. The van der Waals surface area contributed by atoms with Crippen LogP contribution in [0.1, 0.15) is 45.4 Å². The highest BCUT2D eigenvalue weighted by molar-refractivity contribution is 5.20. The van der Waals surface area contributed by atoms with Crippen molar-refractivity contribution in [1.82, 2.24) is 15.5 Å². The Labute approximate surface area is 120 Å². The summed E-state index contributed by atoms with van der Waals surface area (Å²) >= 11 is 0. The molecule has 2 N–H and O–H groups in total. The summed E-state index contributed by atoms with van der Waals surface area (Å²) in [6.07, 6.45) is 4.87. The van der Waals surface area contributed by atoms with Crippen LogP contribution in [0.3, 0.4) is 0 Å². The van der Waals surface area contributed by atoms with Gasteiger partial charge in [0.2, 0.25) is 5.89 Å². The highest BCUT2D eigenvalue weighted by Gasteiger charge is 2.28. The second-order valence-electron chi connectivity index (χ2n) is 6.27. The number of ether oxygens (including phenoxy) is 1. The van der Waals surface area contributed by atoms with Crippen LogP contribution in [0.5, 0.6) is 0 Å². The monoisotopic (exact) mass is 282 g/mol. The molecule has 0 spiro atoms. The van der Waals surface area contributed by atoms with E-state index < -0.39 is 0 Å². The number of hydrogen-bond acceptors (Lipinski definition) is 6. The minimum Gasteiger partial charge on any atom is -0.407 e. The van der Waals surface area contributed by atoms with E-state index in [9.17, 15) is 0 Å². The average Bonchev–Trinajstić information content (AvgIpc) is 2.81. The van der Waals surface area contributed by atoms with Crippen LogP contribution in [0.2, 0.25) is 0 Å². The van der Waals surface area contributed by atoms with Crippen LogP contribution in [0, 0.1) is 5.41 Å². The summed E-state index contributed by atoms with van der Waals surface area (Å²) < 4.78 is 10.6. The zero-order chi connectivity index (χ0) is 14.4. The molecule has 0 aromatic carbocycles. The van der Waals surface area contributed by atoms with Gasteiger partial charge < -0.3 is 19.8 Å². The van der Waals surface area contributed by atoms with Crippen molar-refractivity contribution in [2.45, 2.75) is 52.1 Å². The third-order valence-corrected chi connectivity index (χ3v) is 3.76. The first kappa shape index (κ1) is 15.3. The fraction of sp³-hybridized carbons (Fsp3) is 0.857. The van der Waals surface area contributed by atoms with Gasteiger partial charge in [-0.2, -0.15) is 0 Å². The van der Waals surface area contributed by atoms with Crippen molar-refractivity contribution in [3.63, 3.8) is 0 Å². The third-order valence-electron chi connectivity index (χ3n) is 3.76. The molecule has 1 fully saturated rings. The molecule has 1 aliphatic carbocycles. The maximum absolute atomic E-state index is 5.60. The van der Waals surface area contributed by atoms with Crippen LogP contribution in [-0.2, 0) is 11.3 Å². The fourth-order valence-electron chi connectivity index (χ4n) is 2.75. The van der Waals surface area contributed by atoms with Gasteiger partial charge in [0.15, 0.2) is 0 Å². The highest BCUT2D eigenvalue weighted by Crippen LogP contribution is 2.36. The molecule has 114 valence electrons. The molecule has 0 radical (unpaired) electrons. The molecule has 1 heterocycles. The minimum absolute atomic E-state index is 0.403. The molecule has 20 heavy (non-hydrogen) atoms. The molecular formula is C14H26N4O2. The lowest BCUT2D eigenvalue weighted by Gasteiger charge is -2.35. The van der Waals surface area contributed by atoms with Crippen molar-refractivity contribution in [3.8, 4) is 0 Å². The summed E-state index contributed by atoms with van der Waals surface area (Å²) in [6.45, 7) is 6.67. The van der Waals surface area contributed by atoms with E-state index in [2.05, 4.69) is 34.7 Å². The lowest BCUT2D eigenvalue weighted by Crippen LogP contribution is -2.31. The van der Waals surface area contributed by atoms with Crippen LogP contribution in [0.25, 0.3) is 0 Å². The molecule has 1 atom stereocenters. The van der Waals surface area contributed by atoms with Crippen LogP contribution in [-0.4, -0.2) is 36.5 Å². The highest BCUT2D eigenvalue weighted by atomic mass is 16.5. The maximum Gasteiger partial charge on any atom is 0.315 e. The molecule has 6 nitrogen and oxygen atoms in total. The Kier molecular flexibility index (Phi) is 5.37. The molecule has 0 bridgehead atoms. The molecule has 1 unspecified atom stereocenters. The molecule has 1 aromatic heterocycles. The number of nitrogens with one attached hydrogen (secondary N) is 2. The molecule has 6 heteroatoms. The first-order valence-electron chi connectivity index (χ1n) is 7.38. The van der Waals surface area contributed by atoms with Gasteiger partial charge >= 0.3 is 6.01 Å².